The molecule has 4 nitrogen and oxygen atoms in total. The van der Waals surface area contributed by atoms with Crippen molar-refractivity contribution in [3.63, 3.8) is 0 Å². The minimum Gasteiger partial charge on any atom is -0.324 e. The van der Waals surface area contributed by atoms with E-state index >= 15 is 0 Å². The van der Waals surface area contributed by atoms with Crippen LogP contribution in [0.1, 0.15) is 13.8 Å². The predicted octanol–water partition coefficient (Wildman–Crippen LogP) is 2.39. The van der Waals surface area contributed by atoms with E-state index in [1.54, 1.807) is 30.7 Å². The molecule has 0 atom stereocenters. The van der Waals surface area contributed by atoms with Gasteiger partial charge < -0.3 is 11.1 Å². The van der Waals surface area contributed by atoms with Crippen molar-refractivity contribution in [1.82, 2.24) is 4.98 Å². The van der Waals surface area contributed by atoms with Crippen LogP contribution in [0.3, 0.4) is 0 Å². The maximum atomic E-state index is 11.7. The number of carbonyl (C=O) groups is 1. The van der Waals surface area contributed by atoms with E-state index in [4.69, 9.17) is 5.73 Å². The Balaban J connectivity index is 0.00000144. The molecule has 1 amide bonds. The molecule has 0 radical (unpaired) electrons. The topological polar surface area (TPSA) is 68.0 Å². The van der Waals surface area contributed by atoms with Gasteiger partial charge in [0.25, 0.3) is 0 Å². The predicted molar refractivity (Wildman–Crippen MR) is 73.8 cm³/mol. The minimum absolute atomic E-state index is 0. The summed E-state index contributed by atoms with van der Waals surface area (Å²) in [5, 5.41) is 2.76. The summed E-state index contributed by atoms with van der Waals surface area (Å²) in [5.41, 5.74) is 8.21. The lowest BCUT2D eigenvalue weighted by atomic mass is 10.1. The molecule has 0 saturated carbocycles. The fourth-order valence-corrected chi connectivity index (χ4v) is 1.89. The van der Waals surface area contributed by atoms with E-state index in [-0.39, 0.29) is 18.3 Å². The van der Waals surface area contributed by atoms with E-state index in [1.807, 2.05) is 18.2 Å². The molecular formula is C11H14ClN3OS. The van der Waals surface area contributed by atoms with Gasteiger partial charge in [0.05, 0.1) is 21.3 Å². The SMILES string of the molecule is CC(C)(N)C(=O)Nc1ccc2scnc2c1.Cl. The molecule has 1 aromatic heterocycles. The molecule has 1 heterocycles. The van der Waals surface area contributed by atoms with Crippen molar-refractivity contribution in [2.75, 3.05) is 5.32 Å². The zero-order chi connectivity index (χ0) is 11.8. The third kappa shape index (κ3) is 3.15. The minimum atomic E-state index is -0.878. The van der Waals surface area contributed by atoms with Gasteiger partial charge in [-0.2, -0.15) is 0 Å². The van der Waals surface area contributed by atoms with Crippen LogP contribution in [0.25, 0.3) is 10.2 Å². The lowest BCUT2D eigenvalue weighted by molar-refractivity contribution is -0.120. The standard InChI is InChI=1S/C11H13N3OS.ClH/c1-11(2,12)10(15)14-7-3-4-9-8(5-7)13-6-16-9;/h3-6H,12H2,1-2H3,(H,14,15);1H. The van der Waals surface area contributed by atoms with Gasteiger partial charge in [0.1, 0.15) is 0 Å². The Labute approximate surface area is 110 Å². The molecule has 2 aromatic rings. The molecule has 0 aliphatic heterocycles. The number of anilines is 1. The molecule has 2 rings (SSSR count). The Morgan fingerprint density at radius 2 is 2.18 bits per heavy atom. The van der Waals surface area contributed by atoms with Crippen LogP contribution in [0.15, 0.2) is 23.7 Å². The summed E-state index contributed by atoms with van der Waals surface area (Å²) in [6.45, 7) is 3.34. The summed E-state index contributed by atoms with van der Waals surface area (Å²) >= 11 is 1.57. The summed E-state index contributed by atoms with van der Waals surface area (Å²) in [4.78, 5) is 15.8. The number of rotatable bonds is 2. The van der Waals surface area contributed by atoms with E-state index in [0.29, 0.717) is 0 Å². The number of nitrogens with two attached hydrogens (primary N) is 1. The Kier molecular flexibility index (Phi) is 4.08. The number of thiazole rings is 1. The summed E-state index contributed by atoms with van der Waals surface area (Å²) < 4.78 is 1.10. The van der Waals surface area contributed by atoms with Gasteiger partial charge in [0.15, 0.2) is 0 Å². The Morgan fingerprint density at radius 3 is 2.82 bits per heavy atom. The Hall–Kier alpha value is -1.17. The molecule has 6 heteroatoms. The number of nitrogens with one attached hydrogen (secondary N) is 1. The Bertz CT molecular complexity index is 533. The van der Waals surface area contributed by atoms with Crippen LogP contribution < -0.4 is 11.1 Å². The van der Waals surface area contributed by atoms with Gasteiger partial charge >= 0.3 is 0 Å². The molecule has 0 spiro atoms. The number of amides is 1. The van der Waals surface area contributed by atoms with Crippen LogP contribution in [-0.4, -0.2) is 16.4 Å². The highest BCUT2D eigenvalue weighted by Crippen LogP contribution is 2.21. The summed E-state index contributed by atoms with van der Waals surface area (Å²) in [6.07, 6.45) is 0. The van der Waals surface area contributed by atoms with Gasteiger partial charge in [-0.25, -0.2) is 4.98 Å². The summed E-state index contributed by atoms with van der Waals surface area (Å²) in [5.74, 6) is -0.206. The van der Waals surface area contributed by atoms with E-state index in [1.165, 1.54) is 0 Å². The van der Waals surface area contributed by atoms with E-state index in [9.17, 15) is 4.79 Å². The highest BCUT2D eigenvalue weighted by Gasteiger charge is 2.21. The molecule has 17 heavy (non-hydrogen) atoms. The number of carbonyl (C=O) groups excluding carboxylic acids is 1. The first-order chi connectivity index (χ1) is 7.47. The van der Waals surface area contributed by atoms with Crippen molar-refractivity contribution in [2.24, 2.45) is 5.73 Å². The van der Waals surface area contributed by atoms with Crippen LogP contribution in [0.4, 0.5) is 5.69 Å². The molecule has 3 N–H and O–H groups in total. The quantitative estimate of drug-likeness (QED) is 0.881. The monoisotopic (exact) mass is 271 g/mol. The van der Waals surface area contributed by atoms with Crippen molar-refractivity contribution < 1.29 is 4.79 Å². The molecule has 1 aromatic carbocycles. The maximum absolute atomic E-state index is 11.7. The number of hydrogen-bond acceptors (Lipinski definition) is 4. The second kappa shape index (κ2) is 5.00. The van der Waals surface area contributed by atoms with Crippen molar-refractivity contribution in [1.29, 1.82) is 0 Å². The van der Waals surface area contributed by atoms with Gasteiger partial charge in [-0.05, 0) is 32.0 Å². The van der Waals surface area contributed by atoms with Gasteiger partial charge in [-0.15, -0.1) is 23.7 Å². The fourth-order valence-electron chi connectivity index (χ4n) is 1.23. The van der Waals surface area contributed by atoms with Gasteiger partial charge in [-0.3, -0.25) is 4.79 Å². The van der Waals surface area contributed by atoms with Crippen LogP contribution >= 0.6 is 23.7 Å². The third-order valence-corrected chi connectivity index (χ3v) is 2.98. The van der Waals surface area contributed by atoms with E-state index < -0.39 is 5.54 Å². The molecule has 0 saturated heterocycles. The zero-order valence-corrected chi connectivity index (χ0v) is 11.2. The smallest absolute Gasteiger partial charge is 0.243 e. The number of fused-ring (bicyclic) bond motifs is 1. The lowest BCUT2D eigenvalue weighted by Gasteiger charge is -2.17. The first-order valence-corrected chi connectivity index (χ1v) is 5.78. The van der Waals surface area contributed by atoms with E-state index in [0.717, 1.165) is 15.9 Å². The molecule has 0 aliphatic rings. The van der Waals surface area contributed by atoms with Crippen LogP contribution in [0.5, 0.6) is 0 Å². The molecular weight excluding hydrogens is 258 g/mol. The molecule has 0 aliphatic carbocycles. The van der Waals surface area contributed by atoms with Crippen molar-refractivity contribution in [3.05, 3.63) is 23.7 Å². The van der Waals surface area contributed by atoms with Gasteiger partial charge in [0.2, 0.25) is 5.91 Å². The van der Waals surface area contributed by atoms with Crippen LogP contribution in [0.2, 0.25) is 0 Å². The highest BCUT2D eigenvalue weighted by atomic mass is 35.5. The second-order valence-electron chi connectivity index (χ2n) is 4.21. The van der Waals surface area contributed by atoms with Gasteiger partial charge in [0, 0.05) is 5.69 Å². The van der Waals surface area contributed by atoms with Crippen molar-refractivity contribution in [3.8, 4) is 0 Å². The largest absolute Gasteiger partial charge is 0.324 e. The third-order valence-electron chi connectivity index (χ3n) is 2.17. The number of aromatic nitrogens is 1. The Morgan fingerprint density at radius 1 is 1.47 bits per heavy atom. The molecule has 92 valence electrons. The van der Waals surface area contributed by atoms with Crippen molar-refractivity contribution >= 4 is 45.6 Å². The van der Waals surface area contributed by atoms with E-state index in [2.05, 4.69) is 10.3 Å². The highest BCUT2D eigenvalue weighted by molar-refractivity contribution is 7.16. The van der Waals surface area contributed by atoms with Crippen molar-refractivity contribution in [2.45, 2.75) is 19.4 Å². The number of benzene rings is 1. The first-order valence-electron chi connectivity index (χ1n) is 4.90. The number of halogens is 1. The summed E-state index contributed by atoms with van der Waals surface area (Å²) in [7, 11) is 0. The van der Waals surface area contributed by atoms with Crippen LogP contribution in [0, 0.1) is 0 Å². The van der Waals surface area contributed by atoms with Gasteiger partial charge in [-0.1, -0.05) is 0 Å². The molecule has 0 fully saturated rings. The number of hydrogen-bond donors (Lipinski definition) is 2. The fraction of sp³-hybridized carbons (Fsp3) is 0.273. The normalized spacial score (nSPS) is 11.0. The average molecular weight is 272 g/mol. The zero-order valence-electron chi connectivity index (χ0n) is 9.56. The first kappa shape index (κ1) is 13.9. The molecule has 0 bridgehead atoms. The second-order valence-corrected chi connectivity index (χ2v) is 5.10. The van der Waals surface area contributed by atoms with Crippen LogP contribution in [-0.2, 0) is 4.79 Å². The maximum Gasteiger partial charge on any atom is 0.243 e. The average Bonchev–Trinajstić information content (AvgIpc) is 2.63. The lowest BCUT2D eigenvalue weighted by Crippen LogP contribution is -2.45. The number of nitrogens with zero attached hydrogens (tertiary/aromatic N) is 1. The molecule has 0 unspecified atom stereocenters. The summed E-state index contributed by atoms with van der Waals surface area (Å²) in [6, 6.07) is 5.63.